The zero-order valence-electron chi connectivity index (χ0n) is 14.1. The summed E-state index contributed by atoms with van der Waals surface area (Å²) in [7, 11) is -1.56. The van der Waals surface area contributed by atoms with E-state index in [1.807, 2.05) is 14.0 Å². The van der Waals surface area contributed by atoms with Crippen LogP contribution in [-0.4, -0.2) is 51.4 Å². The molecule has 6 nitrogen and oxygen atoms in total. The predicted molar refractivity (Wildman–Crippen MR) is 99.4 cm³/mol. The first-order valence-corrected chi connectivity index (χ1v) is 10.2. The van der Waals surface area contributed by atoms with Gasteiger partial charge in [0.05, 0.1) is 6.42 Å². The molecule has 0 aliphatic carbocycles. The van der Waals surface area contributed by atoms with Crippen molar-refractivity contribution in [3.63, 3.8) is 0 Å². The minimum Gasteiger partial charge on any atom is -0.354 e. The van der Waals surface area contributed by atoms with Gasteiger partial charge in [-0.05, 0) is 38.9 Å². The van der Waals surface area contributed by atoms with E-state index in [4.69, 9.17) is 0 Å². The van der Waals surface area contributed by atoms with Crippen LogP contribution in [0.3, 0.4) is 0 Å². The molecular formula is C15H26ClN3O3S2. The maximum absolute atomic E-state index is 12.6. The van der Waals surface area contributed by atoms with Crippen molar-refractivity contribution in [1.82, 2.24) is 14.9 Å². The van der Waals surface area contributed by atoms with Gasteiger partial charge in [-0.25, -0.2) is 8.42 Å². The van der Waals surface area contributed by atoms with Gasteiger partial charge in [0.25, 0.3) is 10.0 Å². The number of nitrogens with zero attached hydrogens (tertiary/aromatic N) is 1. The lowest BCUT2D eigenvalue weighted by Crippen LogP contribution is -2.37. The number of hydrogen-bond donors (Lipinski definition) is 2. The van der Waals surface area contributed by atoms with Crippen LogP contribution in [0, 0.1) is 0 Å². The second-order valence-electron chi connectivity index (χ2n) is 5.86. The molecule has 0 spiro atoms. The van der Waals surface area contributed by atoms with Crippen LogP contribution < -0.4 is 10.6 Å². The Labute approximate surface area is 154 Å². The Bertz CT molecular complexity index is 628. The molecule has 9 heteroatoms. The smallest absolute Gasteiger partial charge is 0.252 e. The summed E-state index contributed by atoms with van der Waals surface area (Å²) in [5.41, 5.74) is 0. The lowest BCUT2D eigenvalue weighted by atomic mass is 10.2. The number of nitrogens with one attached hydrogen (secondary N) is 2. The SMILES string of the molecule is CNC(C)CNC(=O)Cc1ccc(S(=O)(=O)N2CCCCC2)s1.Cl. The maximum Gasteiger partial charge on any atom is 0.252 e. The van der Waals surface area contributed by atoms with E-state index < -0.39 is 10.0 Å². The zero-order chi connectivity index (χ0) is 16.9. The van der Waals surface area contributed by atoms with E-state index in [0.29, 0.717) is 23.8 Å². The molecule has 0 aromatic carbocycles. The molecule has 1 aromatic rings. The van der Waals surface area contributed by atoms with E-state index in [1.165, 1.54) is 11.3 Å². The van der Waals surface area contributed by atoms with Crippen LogP contribution in [0.2, 0.25) is 0 Å². The van der Waals surface area contributed by atoms with E-state index in [2.05, 4.69) is 10.6 Å². The molecule has 1 atom stereocenters. The first-order valence-electron chi connectivity index (χ1n) is 7.96. The van der Waals surface area contributed by atoms with Crippen LogP contribution in [-0.2, 0) is 21.2 Å². The number of sulfonamides is 1. The Balaban J connectivity index is 0.00000288. The summed E-state index contributed by atoms with van der Waals surface area (Å²) in [5.74, 6) is -0.0872. The highest BCUT2D eigenvalue weighted by molar-refractivity contribution is 7.91. The van der Waals surface area contributed by atoms with Crippen molar-refractivity contribution in [2.75, 3.05) is 26.7 Å². The Morgan fingerprint density at radius 2 is 1.96 bits per heavy atom. The molecule has 0 saturated carbocycles. The summed E-state index contributed by atoms with van der Waals surface area (Å²) in [6.45, 7) is 3.73. The Morgan fingerprint density at radius 1 is 1.29 bits per heavy atom. The first kappa shape index (κ1) is 21.4. The third-order valence-corrected chi connectivity index (χ3v) is 7.43. The van der Waals surface area contributed by atoms with Crippen molar-refractivity contribution in [2.45, 2.75) is 42.9 Å². The molecule has 1 aromatic heterocycles. The summed E-state index contributed by atoms with van der Waals surface area (Å²) in [6, 6.07) is 3.56. The monoisotopic (exact) mass is 395 g/mol. The molecule has 0 radical (unpaired) electrons. The third-order valence-electron chi connectivity index (χ3n) is 3.98. The molecule has 1 saturated heterocycles. The number of amides is 1. The van der Waals surface area contributed by atoms with E-state index in [9.17, 15) is 13.2 Å². The lowest BCUT2D eigenvalue weighted by Gasteiger charge is -2.25. The van der Waals surface area contributed by atoms with Crippen molar-refractivity contribution in [3.05, 3.63) is 17.0 Å². The number of hydrogen-bond acceptors (Lipinski definition) is 5. The van der Waals surface area contributed by atoms with E-state index in [-0.39, 0.29) is 30.8 Å². The van der Waals surface area contributed by atoms with Gasteiger partial charge in [-0.1, -0.05) is 6.42 Å². The summed E-state index contributed by atoms with van der Waals surface area (Å²) in [6.07, 6.45) is 3.15. The van der Waals surface area contributed by atoms with Crippen molar-refractivity contribution < 1.29 is 13.2 Å². The number of likely N-dealkylation sites (N-methyl/N-ethyl adjacent to an activating group) is 1. The number of rotatable bonds is 7. The van der Waals surface area contributed by atoms with Gasteiger partial charge < -0.3 is 10.6 Å². The van der Waals surface area contributed by atoms with Gasteiger partial charge >= 0.3 is 0 Å². The lowest BCUT2D eigenvalue weighted by molar-refractivity contribution is -0.120. The van der Waals surface area contributed by atoms with Gasteiger partial charge in [0, 0.05) is 30.6 Å². The second-order valence-corrected chi connectivity index (χ2v) is 9.19. The minimum absolute atomic E-state index is 0. The molecule has 1 unspecified atom stereocenters. The molecular weight excluding hydrogens is 370 g/mol. The Morgan fingerprint density at radius 3 is 2.58 bits per heavy atom. The maximum atomic E-state index is 12.6. The van der Waals surface area contributed by atoms with Gasteiger partial charge in [-0.3, -0.25) is 4.79 Å². The van der Waals surface area contributed by atoms with Gasteiger partial charge in [-0.15, -0.1) is 23.7 Å². The topological polar surface area (TPSA) is 78.5 Å². The van der Waals surface area contributed by atoms with Crippen LogP contribution in [0.4, 0.5) is 0 Å². The van der Waals surface area contributed by atoms with Crippen LogP contribution >= 0.6 is 23.7 Å². The van der Waals surface area contributed by atoms with Crippen LogP contribution in [0.1, 0.15) is 31.1 Å². The van der Waals surface area contributed by atoms with Crippen LogP contribution in [0.5, 0.6) is 0 Å². The average molecular weight is 396 g/mol. The summed E-state index contributed by atoms with van der Waals surface area (Å²) in [5, 5.41) is 5.89. The van der Waals surface area contributed by atoms with Crippen molar-refractivity contribution >= 4 is 39.7 Å². The van der Waals surface area contributed by atoms with E-state index in [1.54, 1.807) is 16.4 Å². The molecule has 1 fully saturated rings. The van der Waals surface area contributed by atoms with E-state index >= 15 is 0 Å². The highest BCUT2D eigenvalue weighted by Crippen LogP contribution is 2.27. The number of piperidine rings is 1. The minimum atomic E-state index is -3.40. The van der Waals surface area contributed by atoms with Gasteiger partial charge in [0.1, 0.15) is 4.21 Å². The zero-order valence-corrected chi connectivity index (χ0v) is 16.5. The molecule has 2 rings (SSSR count). The molecule has 138 valence electrons. The predicted octanol–water partition coefficient (Wildman–Crippen LogP) is 1.61. The quantitative estimate of drug-likeness (QED) is 0.735. The second kappa shape index (κ2) is 9.72. The largest absolute Gasteiger partial charge is 0.354 e. The third kappa shape index (κ3) is 5.70. The highest BCUT2D eigenvalue weighted by Gasteiger charge is 2.27. The number of halogens is 1. The Kier molecular flexibility index (Phi) is 8.66. The van der Waals surface area contributed by atoms with Gasteiger partial charge in [0.2, 0.25) is 5.91 Å². The molecule has 2 N–H and O–H groups in total. The molecule has 1 aliphatic rings. The molecule has 2 heterocycles. The van der Waals surface area contributed by atoms with Gasteiger partial charge in [-0.2, -0.15) is 4.31 Å². The molecule has 24 heavy (non-hydrogen) atoms. The molecule has 1 aliphatic heterocycles. The standard InChI is InChI=1S/C15H25N3O3S2.ClH/c1-12(16-2)11-17-14(19)10-13-6-7-15(22-13)23(20,21)18-8-4-3-5-9-18;/h6-7,12,16H,3-5,8-11H2,1-2H3,(H,17,19);1H. The van der Waals surface area contributed by atoms with Gasteiger partial charge in [0.15, 0.2) is 0 Å². The number of carbonyl (C=O) groups is 1. The summed E-state index contributed by atoms with van der Waals surface area (Å²) >= 11 is 1.20. The van der Waals surface area contributed by atoms with Crippen molar-refractivity contribution in [3.8, 4) is 0 Å². The summed E-state index contributed by atoms with van der Waals surface area (Å²) < 4.78 is 27.0. The fourth-order valence-electron chi connectivity index (χ4n) is 2.41. The number of thiophene rings is 1. The van der Waals surface area contributed by atoms with Crippen LogP contribution in [0.15, 0.2) is 16.3 Å². The van der Waals surface area contributed by atoms with E-state index in [0.717, 1.165) is 24.1 Å². The van der Waals surface area contributed by atoms with Crippen molar-refractivity contribution in [2.24, 2.45) is 0 Å². The molecule has 1 amide bonds. The van der Waals surface area contributed by atoms with Crippen molar-refractivity contribution in [1.29, 1.82) is 0 Å². The Hall–Kier alpha value is -0.670. The fraction of sp³-hybridized carbons (Fsp3) is 0.667. The molecule has 0 bridgehead atoms. The number of carbonyl (C=O) groups excluding carboxylic acids is 1. The average Bonchev–Trinajstić information content (AvgIpc) is 3.02. The summed E-state index contributed by atoms with van der Waals surface area (Å²) in [4.78, 5) is 12.7. The first-order chi connectivity index (χ1) is 10.9. The van der Waals surface area contributed by atoms with Crippen LogP contribution in [0.25, 0.3) is 0 Å². The normalized spacial score (nSPS) is 17.1. The highest BCUT2D eigenvalue weighted by atomic mass is 35.5. The fourth-order valence-corrected chi connectivity index (χ4v) is 5.44.